The molecule has 0 aliphatic carbocycles. The van der Waals surface area contributed by atoms with E-state index in [1.165, 1.54) is 13.1 Å². The number of anilines is 1. The maximum Gasteiger partial charge on any atom is 0.273 e. The third-order valence-electron chi connectivity index (χ3n) is 2.38. The number of carbonyl (C=O) groups is 2. The molecule has 0 unspecified atom stereocenters. The van der Waals surface area contributed by atoms with Crippen LogP contribution in [-0.2, 0) is 11.3 Å². The molecular formula is C12H13N5O2. The third kappa shape index (κ3) is 3.63. The minimum atomic E-state index is -0.292. The van der Waals surface area contributed by atoms with E-state index in [4.69, 9.17) is 0 Å². The van der Waals surface area contributed by atoms with Crippen LogP contribution in [0.2, 0.25) is 0 Å². The molecule has 3 N–H and O–H groups in total. The van der Waals surface area contributed by atoms with Gasteiger partial charge in [0.2, 0.25) is 5.91 Å². The molecule has 0 aliphatic rings. The van der Waals surface area contributed by atoms with Gasteiger partial charge in [0.1, 0.15) is 0 Å². The van der Waals surface area contributed by atoms with Gasteiger partial charge in [0, 0.05) is 19.2 Å². The topological polar surface area (TPSA) is 99.8 Å². The Kier molecular flexibility index (Phi) is 3.87. The zero-order valence-electron chi connectivity index (χ0n) is 10.3. The largest absolute Gasteiger partial charge is 0.347 e. The predicted octanol–water partition coefficient (Wildman–Crippen LogP) is 0.693. The smallest absolute Gasteiger partial charge is 0.273 e. The van der Waals surface area contributed by atoms with Crippen molar-refractivity contribution >= 4 is 17.5 Å². The van der Waals surface area contributed by atoms with Crippen molar-refractivity contribution in [3.8, 4) is 0 Å². The molecule has 1 aromatic heterocycles. The van der Waals surface area contributed by atoms with E-state index in [9.17, 15) is 9.59 Å². The molecule has 19 heavy (non-hydrogen) atoms. The number of carbonyl (C=O) groups excluding carboxylic acids is 2. The average molecular weight is 259 g/mol. The first kappa shape index (κ1) is 12.7. The Morgan fingerprint density at radius 1 is 1.26 bits per heavy atom. The Bertz CT molecular complexity index is 562. The summed E-state index contributed by atoms with van der Waals surface area (Å²) in [4.78, 5) is 22.5. The molecule has 1 aromatic carbocycles. The molecule has 7 nitrogen and oxygen atoms in total. The highest BCUT2D eigenvalue weighted by Gasteiger charge is 2.07. The van der Waals surface area contributed by atoms with Crippen molar-refractivity contribution in [1.82, 2.24) is 20.7 Å². The van der Waals surface area contributed by atoms with Crippen molar-refractivity contribution < 1.29 is 9.59 Å². The highest BCUT2D eigenvalue weighted by Crippen LogP contribution is 2.09. The fourth-order valence-electron chi connectivity index (χ4n) is 1.49. The predicted molar refractivity (Wildman–Crippen MR) is 68.3 cm³/mol. The fourth-order valence-corrected chi connectivity index (χ4v) is 1.49. The molecule has 0 spiro atoms. The molecule has 0 radical (unpaired) electrons. The monoisotopic (exact) mass is 259 g/mol. The maximum absolute atomic E-state index is 11.6. The van der Waals surface area contributed by atoms with Gasteiger partial charge in [-0.2, -0.15) is 15.4 Å². The van der Waals surface area contributed by atoms with Gasteiger partial charge in [-0.25, -0.2) is 0 Å². The first-order valence-electron chi connectivity index (χ1n) is 5.65. The number of aromatic nitrogens is 3. The van der Waals surface area contributed by atoms with Gasteiger partial charge in [0.25, 0.3) is 5.91 Å². The number of benzene rings is 1. The van der Waals surface area contributed by atoms with Crippen LogP contribution in [-0.4, -0.2) is 27.2 Å². The zero-order chi connectivity index (χ0) is 13.7. The average Bonchev–Trinajstić information content (AvgIpc) is 2.91. The normalized spacial score (nSPS) is 9.95. The molecular weight excluding hydrogens is 246 g/mol. The highest BCUT2D eigenvalue weighted by atomic mass is 16.2. The lowest BCUT2D eigenvalue weighted by molar-refractivity contribution is -0.114. The second kappa shape index (κ2) is 5.76. The van der Waals surface area contributed by atoms with Crippen LogP contribution in [0.5, 0.6) is 0 Å². The van der Waals surface area contributed by atoms with E-state index in [1.807, 2.05) is 12.1 Å². The lowest BCUT2D eigenvalue weighted by Crippen LogP contribution is -2.23. The van der Waals surface area contributed by atoms with Crippen LogP contribution >= 0.6 is 0 Å². The standard InChI is InChI=1S/C12H13N5O2/c1-8(18)15-10-4-2-9(3-5-10)6-13-12(19)11-7-14-17-16-11/h2-5,7H,6H2,1H3,(H,13,19)(H,15,18)(H,14,16,17). The number of nitrogens with zero attached hydrogens (tertiary/aromatic N) is 2. The van der Waals surface area contributed by atoms with E-state index in [0.717, 1.165) is 11.3 Å². The van der Waals surface area contributed by atoms with Crippen LogP contribution in [0.1, 0.15) is 23.0 Å². The van der Waals surface area contributed by atoms with Crippen molar-refractivity contribution in [2.75, 3.05) is 5.32 Å². The Hall–Kier alpha value is -2.70. The summed E-state index contributed by atoms with van der Waals surface area (Å²) in [5, 5.41) is 15.0. The molecule has 0 atom stereocenters. The first-order valence-corrected chi connectivity index (χ1v) is 5.65. The zero-order valence-corrected chi connectivity index (χ0v) is 10.3. The lowest BCUT2D eigenvalue weighted by Gasteiger charge is -2.05. The van der Waals surface area contributed by atoms with Gasteiger partial charge in [0.15, 0.2) is 5.69 Å². The molecule has 1 heterocycles. The van der Waals surface area contributed by atoms with E-state index in [-0.39, 0.29) is 17.5 Å². The summed E-state index contributed by atoms with van der Waals surface area (Å²) in [5.41, 5.74) is 1.89. The summed E-state index contributed by atoms with van der Waals surface area (Å²) in [6.45, 7) is 1.83. The molecule has 0 fully saturated rings. The Labute approximate surface area is 109 Å². The first-order chi connectivity index (χ1) is 9.15. The van der Waals surface area contributed by atoms with E-state index >= 15 is 0 Å². The summed E-state index contributed by atoms with van der Waals surface area (Å²) < 4.78 is 0. The van der Waals surface area contributed by atoms with Gasteiger partial charge in [-0.05, 0) is 17.7 Å². The second-order valence-corrected chi connectivity index (χ2v) is 3.92. The van der Waals surface area contributed by atoms with Crippen LogP contribution in [0.3, 0.4) is 0 Å². The fraction of sp³-hybridized carbons (Fsp3) is 0.167. The molecule has 98 valence electrons. The van der Waals surface area contributed by atoms with E-state index < -0.39 is 0 Å². The summed E-state index contributed by atoms with van der Waals surface area (Å²) in [5.74, 6) is -0.410. The van der Waals surface area contributed by atoms with Gasteiger partial charge in [-0.1, -0.05) is 12.1 Å². The van der Waals surface area contributed by atoms with Crippen molar-refractivity contribution in [3.05, 3.63) is 41.7 Å². The number of rotatable bonds is 4. The second-order valence-electron chi connectivity index (χ2n) is 3.92. The van der Waals surface area contributed by atoms with Crippen LogP contribution < -0.4 is 10.6 Å². The van der Waals surface area contributed by atoms with Gasteiger partial charge in [-0.3, -0.25) is 9.59 Å². The summed E-state index contributed by atoms with van der Waals surface area (Å²) in [6.07, 6.45) is 1.36. The minimum absolute atomic E-state index is 0.118. The molecule has 7 heteroatoms. The number of hydrogen-bond donors (Lipinski definition) is 3. The Morgan fingerprint density at radius 3 is 2.58 bits per heavy atom. The Balaban J connectivity index is 1.89. The van der Waals surface area contributed by atoms with Gasteiger partial charge in [0.05, 0.1) is 6.20 Å². The van der Waals surface area contributed by atoms with E-state index in [2.05, 4.69) is 26.0 Å². The third-order valence-corrected chi connectivity index (χ3v) is 2.38. The molecule has 0 bridgehead atoms. The Morgan fingerprint density at radius 2 is 2.00 bits per heavy atom. The van der Waals surface area contributed by atoms with Gasteiger partial charge < -0.3 is 10.6 Å². The van der Waals surface area contributed by atoms with Crippen LogP contribution in [0.15, 0.2) is 30.5 Å². The van der Waals surface area contributed by atoms with E-state index in [0.29, 0.717) is 6.54 Å². The lowest BCUT2D eigenvalue weighted by atomic mass is 10.2. The summed E-state index contributed by atoms with van der Waals surface area (Å²) in [7, 11) is 0. The molecule has 0 aliphatic heterocycles. The number of H-pyrrole nitrogens is 1. The number of aromatic amines is 1. The summed E-state index contributed by atoms with van der Waals surface area (Å²) >= 11 is 0. The number of nitrogens with one attached hydrogen (secondary N) is 3. The van der Waals surface area contributed by atoms with Crippen molar-refractivity contribution in [1.29, 1.82) is 0 Å². The number of amides is 2. The maximum atomic E-state index is 11.6. The quantitative estimate of drug-likeness (QED) is 0.752. The molecule has 2 rings (SSSR count). The van der Waals surface area contributed by atoms with Crippen LogP contribution in [0, 0.1) is 0 Å². The van der Waals surface area contributed by atoms with Crippen LogP contribution in [0.25, 0.3) is 0 Å². The molecule has 2 aromatic rings. The number of hydrogen-bond acceptors (Lipinski definition) is 4. The SMILES string of the molecule is CC(=O)Nc1ccc(CNC(=O)c2cn[nH]n2)cc1. The summed E-state index contributed by atoms with van der Waals surface area (Å²) in [6, 6.07) is 7.21. The van der Waals surface area contributed by atoms with Crippen molar-refractivity contribution in [2.24, 2.45) is 0 Å². The van der Waals surface area contributed by atoms with Crippen molar-refractivity contribution in [3.63, 3.8) is 0 Å². The minimum Gasteiger partial charge on any atom is -0.347 e. The van der Waals surface area contributed by atoms with E-state index in [1.54, 1.807) is 12.1 Å². The molecule has 2 amide bonds. The molecule has 0 saturated carbocycles. The van der Waals surface area contributed by atoms with Gasteiger partial charge >= 0.3 is 0 Å². The molecule has 0 saturated heterocycles. The van der Waals surface area contributed by atoms with Crippen molar-refractivity contribution in [2.45, 2.75) is 13.5 Å². The van der Waals surface area contributed by atoms with Crippen LogP contribution in [0.4, 0.5) is 5.69 Å². The van der Waals surface area contributed by atoms with Gasteiger partial charge in [-0.15, -0.1) is 0 Å². The highest BCUT2D eigenvalue weighted by molar-refractivity contribution is 5.91.